The van der Waals surface area contributed by atoms with E-state index < -0.39 is 16.4 Å². The molecule has 1 aromatic carbocycles. The predicted molar refractivity (Wildman–Crippen MR) is 84.2 cm³/mol. The fraction of sp³-hybridized carbons (Fsp3) is 0.533. The fourth-order valence-corrected chi connectivity index (χ4v) is 2.45. The van der Waals surface area contributed by atoms with Crippen molar-refractivity contribution in [3.63, 3.8) is 0 Å². The Morgan fingerprint density at radius 1 is 1.27 bits per heavy atom. The number of benzene rings is 1. The third-order valence-electron chi connectivity index (χ3n) is 3.36. The number of nitro groups is 1. The summed E-state index contributed by atoms with van der Waals surface area (Å²) in [6, 6.07) is 6.03. The number of nitro benzene ring substituents is 1. The Bertz CT molecular complexity index is 513. The first-order chi connectivity index (χ1) is 10.4. The second-order valence-electron chi connectivity index (χ2n) is 5.35. The third kappa shape index (κ3) is 5.33. The van der Waals surface area contributed by atoms with Crippen molar-refractivity contribution in [3.05, 3.63) is 34.4 Å². The molecule has 7 heteroatoms. The Morgan fingerprint density at radius 3 is 2.41 bits per heavy atom. The van der Waals surface area contributed by atoms with Crippen molar-refractivity contribution >= 4 is 17.3 Å². The van der Waals surface area contributed by atoms with Crippen molar-refractivity contribution in [3.8, 4) is 0 Å². The lowest BCUT2D eigenvalue weighted by Crippen LogP contribution is -2.39. The summed E-state index contributed by atoms with van der Waals surface area (Å²) in [6.07, 6.45) is 2.60. The van der Waals surface area contributed by atoms with Gasteiger partial charge in [-0.3, -0.25) is 25.8 Å². The number of para-hydroxylation sites is 2. The molecule has 1 aromatic rings. The number of hydrogen-bond donors (Lipinski definition) is 3. The Hall–Kier alpha value is -2.15. The molecule has 1 amide bonds. The van der Waals surface area contributed by atoms with Crippen LogP contribution < -0.4 is 10.9 Å². The Balaban J connectivity index is 2.64. The highest BCUT2D eigenvalue weighted by Crippen LogP contribution is 2.24. The SMILES string of the molecule is CCCC(O)(CCC)CC(=O)NNc1ccccc1[N+](=O)[O-]. The van der Waals surface area contributed by atoms with Gasteiger partial charge in [0.15, 0.2) is 0 Å². The molecule has 0 aromatic heterocycles. The summed E-state index contributed by atoms with van der Waals surface area (Å²) in [5, 5.41) is 21.3. The molecule has 0 spiro atoms. The Labute approximate surface area is 129 Å². The van der Waals surface area contributed by atoms with Crippen LogP contribution in [0.1, 0.15) is 46.0 Å². The number of rotatable bonds is 9. The summed E-state index contributed by atoms with van der Waals surface area (Å²) in [4.78, 5) is 22.3. The Kier molecular flexibility index (Phi) is 6.78. The lowest BCUT2D eigenvalue weighted by molar-refractivity contribution is -0.384. The van der Waals surface area contributed by atoms with E-state index in [9.17, 15) is 20.0 Å². The van der Waals surface area contributed by atoms with Crippen LogP contribution in [0, 0.1) is 10.1 Å². The zero-order valence-corrected chi connectivity index (χ0v) is 13.0. The van der Waals surface area contributed by atoms with Gasteiger partial charge in [-0.1, -0.05) is 38.8 Å². The monoisotopic (exact) mass is 309 g/mol. The molecule has 0 heterocycles. The van der Waals surface area contributed by atoms with E-state index in [0.717, 1.165) is 12.8 Å². The molecule has 0 saturated carbocycles. The van der Waals surface area contributed by atoms with Crippen LogP contribution in [-0.2, 0) is 4.79 Å². The number of carbonyl (C=O) groups is 1. The molecule has 0 aliphatic rings. The number of nitrogens with one attached hydrogen (secondary N) is 2. The predicted octanol–water partition coefficient (Wildman–Crippen LogP) is 2.76. The highest BCUT2D eigenvalue weighted by molar-refractivity contribution is 5.79. The Morgan fingerprint density at radius 2 is 1.86 bits per heavy atom. The number of aliphatic hydroxyl groups is 1. The van der Waals surface area contributed by atoms with Gasteiger partial charge >= 0.3 is 0 Å². The lowest BCUT2D eigenvalue weighted by Gasteiger charge is -2.26. The van der Waals surface area contributed by atoms with E-state index in [-0.39, 0.29) is 17.8 Å². The van der Waals surface area contributed by atoms with Crippen molar-refractivity contribution in [2.24, 2.45) is 0 Å². The molecular weight excluding hydrogens is 286 g/mol. The highest BCUT2D eigenvalue weighted by atomic mass is 16.6. The molecule has 0 saturated heterocycles. The number of anilines is 1. The van der Waals surface area contributed by atoms with E-state index in [0.29, 0.717) is 12.8 Å². The first-order valence-corrected chi connectivity index (χ1v) is 7.42. The second-order valence-corrected chi connectivity index (χ2v) is 5.35. The molecule has 7 nitrogen and oxygen atoms in total. The van der Waals surface area contributed by atoms with E-state index in [1.807, 2.05) is 13.8 Å². The molecule has 0 radical (unpaired) electrons. The van der Waals surface area contributed by atoms with E-state index in [1.54, 1.807) is 12.1 Å². The lowest BCUT2D eigenvalue weighted by atomic mass is 9.89. The van der Waals surface area contributed by atoms with Crippen LogP contribution in [0.25, 0.3) is 0 Å². The normalized spacial score (nSPS) is 11.0. The minimum atomic E-state index is -1.03. The zero-order chi connectivity index (χ0) is 16.6. The van der Waals surface area contributed by atoms with Crippen LogP contribution in [0.3, 0.4) is 0 Å². The maximum atomic E-state index is 12.0. The zero-order valence-electron chi connectivity index (χ0n) is 13.0. The number of hydrogen-bond acceptors (Lipinski definition) is 5. The molecule has 0 bridgehead atoms. The van der Waals surface area contributed by atoms with Gasteiger partial charge in [-0.05, 0) is 18.9 Å². The van der Waals surface area contributed by atoms with Crippen LogP contribution in [0.2, 0.25) is 0 Å². The number of carbonyl (C=O) groups excluding carboxylic acids is 1. The van der Waals surface area contributed by atoms with E-state index in [2.05, 4.69) is 10.9 Å². The van der Waals surface area contributed by atoms with Crippen LogP contribution in [0.5, 0.6) is 0 Å². The standard InChI is InChI=1S/C15H23N3O4/c1-3-9-15(20,10-4-2)11-14(19)17-16-12-7-5-6-8-13(12)18(21)22/h5-8,16,20H,3-4,9-11H2,1-2H3,(H,17,19). The molecule has 122 valence electrons. The smallest absolute Gasteiger partial charge is 0.294 e. The van der Waals surface area contributed by atoms with Crippen molar-refractivity contribution in [2.75, 3.05) is 5.43 Å². The van der Waals surface area contributed by atoms with Gasteiger partial charge in [0.05, 0.1) is 16.9 Å². The van der Waals surface area contributed by atoms with Crippen LogP contribution in [-0.4, -0.2) is 21.5 Å². The first kappa shape index (κ1) is 17.9. The van der Waals surface area contributed by atoms with E-state index >= 15 is 0 Å². The van der Waals surface area contributed by atoms with Gasteiger partial charge in [-0.25, -0.2) is 0 Å². The molecule has 0 fully saturated rings. The van der Waals surface area contributed by atoms with Crippen molar-refractivity contribution < 1.29 is 14.8 Å². The summed E-state index contributed by atoms with van der Waals surface area (Å²) in [5.74, 6) is -0.400. The molecule has 0 atom stereocenters. The van der Waals surface area contributed by atoms with Crippen molar-refractivity contribution in [1.29, 1.82) is 0 Å². The second kappa shape index (κ2) is 8.33. The van der Waals surface area contributed by atoms with Crippen LogP contribution >= 0.6 is 0 Å². The quantitative estimate of drug-likeness (QED) is 0.480. The molecular formula is C15H23N3O4. The minimum Gasteiger partial charge on any atom is -0.389 e. The fourth-order valence-electron chi connectivity index (χ4n) is 2.45. The average molecular weight is 309 g/mol. The number of nitrogens with zero attached hydrogens (tertiary/aromatic N) is 1. The molecule has 22 heavy (non-hydrogen) atoms. The van der Waals surface area contributed by atoms with E-state index in [1.165, 1.54) is 12.1 Å². The molecule has 0 unspecified atom stereocenters. The summed E-state index contributed by atoms with van der Waals surface area (Å²) in [5.41, 5.74) is 4.01. The van der Waals surface area contributed by atoms with E-state index in [4.69, 9.17) is 0 Å². The van der Waals surface area contributed by atoms with Gasteiger partial charge in [-0.2, -0.15) is 0 Å². The van der Waals surface area contributed by atoms with Crippen molar-refractivity contribution in [1.82, 2.24) is 5.43 Å². The highest BCUT2D eigenvalue weighted by Gasteiger charge is 2.28. The number of hydrazine groups is 1. The third-order valence-corrected chi connectivity index (χ3v) is 3.36. The topological polar surface area (TPSA) is 104 Å². The van der Waals surface area contributed by atoms with Gasteiger partial charge in [0.1, 0.15) is 5.69 Å². The van der Waals surface area contributed by atoms with Gasteiger partial charge in [0, 0.05) is 6.07 Å². The summed E-state index contributed by atoms with van der Waals surface area (Å²) >= 11 is 0. The summed E-state index contributed by atoms with van der Waals surface area (Å²) in [6.45, 7) is 3.90. The largest absolute Gasteiger partial charge is 0.389 e. The number of amides is 1. The van der Waals surface area contributed by atoms with Crippen LogP contribution in [0.15, 0.2) is 24.3 Å². The first-order valence-electron chi connectivity index (χ1n) is 7.42. The minimum absolute atomic E-state index is 0.0394. The molecule has 3 N–H and O–H groups in total. The van der Waals surface area contributed by atoms with Crippen molar-refractivity contribution in [2.45, 2.75) is 51.6 Å². The van der Waals surface area contributed by atoms with Gasteiger partial charge in [0.2, 0.25) is 5.91 Å². The maximum absolute atomic E-state index is 12.0. The maximum Gasteiger partial charge on any atom is 0.294 e. The molecule has 1 rings (SSSR count). The molecule has 0 aliphatic heterocycles. The van der Waals surface area contributed by atoms with Crippen LogP contribution in [0.4, 0.5) is 11.4 Å². The summed E-state index contributed by atoms with van der Waals surface area (Å²) < 4.78 is 0. The average Bonchev–Trinajstić information content (AvgIpc) is 2.45. The van der Waals surface area contributed by atoms with Gasteiger partial charge in [-0.15, -0.1) is 0 Å². The summed E-state index contributed by atoms with van der Waals surface area (Å²) in [7, 11) is 0. The van der Waals surface area contributed by atoms with Gasteiger partial charge in [0.25, 0.3) is 5.69 Å². The van der Waals surface area contributed by atoms with Gasteiger partial charge < -0.3 is 5.11 Å². The molecule has 0 aliphatic carbocycles.